The van der Waals surface area contributed by atoms with Crippen molar-refractivity contribution >= 4 is 5.96 Å². The fraction of sp³-hybridized carbons (Fsp3) is 0.733. The van der Waals surface area contributed by atoms with Crippen molar-refractivity contribution < 1.29 is 4.52 Å². The lowest BCUT2D eigenvalue weighted by molar-refractivity contribution is 0.321. The summed E-state index contributed by atoms with van der Waals surface area (Å²) in [6.07, 6.45) is 3.96. The van der Waals surface area contributed by atoms with E-state index >= 15 is 0 Å². The molecule has 1 aromatic rings. The summed E-state index contributed by atoms with van der Waals surface area (Å²) < 4.78 is 5.19. The lowest BCUT2D eigenvalue weighted by atomic mass is 10.2. The minimum absolute atomic E-state index is 0.501. The van der Waals surface area contributed by atoms with Crippen molar-refractivity contribution in [1.82, 2.24) is 20.7 Å². The average molecular weight is 291 g/mol. The number of aliphatic imine (C=N–C) groups is 1. The van der Waals surface area contributed by atoms with Crippen LogP contribution in [0, 0.1) is 13.8 Å². The first kappa shape index (κ1) is 14.4. The highest BCUT2D eigenvalue weighted by Gasteiger charge is 2.34. The number of nitrogens with zero attached hydrogens (tertiary/aromatic N) is 3. The van der Waals surface area contributed by atoms with Crippen LogP contribution in [0.15, 0.2) is 9.52 Å². The number of aromatic nitrogens is 1. The van der Waals surface area contributed by atoms with Gasteiger partial charge in [0.25, 0.3) is 0 Å². The van der Waals surface area contributed by atoms with E-state index in [1.165, 1.54) is 25.8 Å². The summed E-state index contributed by atoms with van der Waals surface area (Å²) in [4.78, 5) is 6.92. The fourth-order valence-electron chi connectivity index (χ4n) is 2.99. The van der Waals surface area contributed by atoms with Gasteiger partial charge >= 0.3 is 0 Å². The maximum Gasteiger partial charge on any atom is 0.191 e. The van der Waals surface area contributed by atoms with Gasteiger partial charge in [0.1, 0.15) is 5.76 Å². The van der Waals surface area contributed by atoms with E-state index in [4.69, 9.17) is 4.52 Å². The molecule has 1 aliphatic heterocycles. The third-order valence-electron chi connectivity index (χ3n) is 4.46. The number of likely N-dealkylation sites (tertiary alicyclic amines) is 1. The first-order chi connectivity index (χ1) is 10.2. The maximum atomic E-state index is 5.19. The molecule has 116 valence electrons. The Labute approximate surface area is 126 Å². The van der Waals surface area contributed by atoms with E-state index in [1.54, 1.807) is 0 Å². The van der Waals surface area contributed by atoms with Gasteiger partial charge in [-0.2, -0.15) is 0 Å². The summed E-state index contributed by atoms with van der Waals surface area (Å²) in [5.41, 5.74) is 2.06. The third-order valence-corrected chi connectivity index (χ3v) is 4.46. The topological polar surface area (TPSA) is 65.7 Å². The van der Waals surface area contributed by atoms with Crippen molar-refractivity contribution in [3.63, 3.8) is 0 Å². The highest BCUT2D eigenvalue weighted by Crippen LogP contribution is 2.29. The summed E-state index contributed by atoms with van der Waals surface area (Å²) in [6.45, 7) is 6.95. The standard InChI is InChI=1S/C15H25N5O/c1-10-14(11(2)21-19-10)8-17-15(16-3)18-12-6-7-20(9-12)13-4-5-13/h12-13H,4-9H2,1-3H3,(H2,16,17,18). The second-order valence-electron chi connectivity index (χ2n) is 6.08. The Morgan fingerprint density at radius 1 is 1.38 bits per heavy atom. The lowest BCUT2D eigenvalue weighted by Crippen LogP contribution is -2.44. The van der Waals surface area contributed by atoms with Crippen LogP contribution in [0.2, 0.25) is 0 Å². The SMILES string of the molecule is CN=C(NCc1c(C)noc1C)NC1CCN(C2CC2)C1. The second-order valence-corrected chi connectivity index (χ2v) is 6.08. The van der Waals surface area contributed by atoms with Crippen LogP contribution >= 0.6 is 0 Å². The van der Waals surface area contributed by atoms with Crippen molar-refractivity contribution in [3.05, 3.63) is 17.0 Å². The Balaban J connectivity index is 1.49. The van der Waals surface area contributed by atoms with Crippen LogP contribution in [0.5, 0.6) is 0 Å². The van der Waals surface area contributed by atoms with Crippen molar-refractivity contribution in [2.45, 2.75) is 51.7 Å². The molecule has 1 saturated carbocycles. The molecule has 0 bridgehead atoms. The molecule has 6 nitrogen and oxygen atoms in total. The van der Waals surface area contributed by atoms with Crippen molar-refractivity contribution in [3.8, 4) is 0 Å². The molecule has 2 N–H and O–H groups in total. The predicted octanol–water partition coefficient (Wildman–Crippen LogP) is 1.19. The quantitative estimate of drug-likeness (QED) is 0.644. The third kappa shape index (κ3) is 3.37. The van der Waals surface area contributed by atoms with Gasteiger partial charge in [0.15, 0.2) is 5.96 Å². The van der Waals surface area contributed by atoms with E-state index in [9.17, 15) is 0 Å². The normalized spacial score (nSPS) is 23.6. The zero-order valence-electron chi connectivity index (χ0n) is 13.1. The molecule has 1 unspecified atom stereocenters. The molecule has 1 atom stereocenters. The van der Waals surface area contributed by atoms with Gasteiger partial charge in [-0.3, -0.25) is 9.89 Å². The van der Waals surface area contributed by atoms with Crippen molar-refractivity contribution in [2.75, 3.05) is 20.1 Å². The molecular weight excluding hydrogens is 266 g/mol. The Bertz CT molecular complexity index is 501. The minimum Gasteiger partial charge on any atom is -0.361 e. The molecule has 1 saturated heterocycles. The van der Waals surface area contributed by atoms with Gasteiger partial charge in [-0.25, -0.2) is 0 Å². The summed E-state index contributed by atoms with van der Waals surface area (Å²) in [7, 11) is 1.82. The molecule has 6 heteroatoms. The predicted molar refractivity (Wildman–Crippen MR) is 82.3 cm³/mol. The Hall–Kier alpha value is -1.56. The van der Waals surface area contributed by atoms with E-state index in [2.05, 4.69) is 25.7 Å². The van der Waals surface area contributed by atoms with Gasteiger partial charge in [0, 0.05) is 44.3 Å². The summed E-state index contributed by atoms with van der Waals surface area (Å²) >= 11 is 0. The van der Waals surface area contributed by atoms with Gasteiger partial charge < -0.3 is 15.2 Å². The molecule has 2 fully saturated rings. The largest absolute Gasteiger partial charge is 0.361 e. The van der Waals surface area contributed by atoms with Crippen molar-refractivity contribution in [2.24, 2.45) is 4.99 Å². The molecule has 2 heterocycles. The van der Waals surface area contributed by atoms with Crippen molar-refractivity contribution in [1.29, 1.82) is 0 Å². The molecular formula is C15H25N5O. The van der Waals surface area contributed by atoms with E-state index in [-0.39, 0.29) is 0 Å². The average Bonchev–Trinajstić information content (AvgIpc) is 3.15. The van der Waals surface area contributed by atoms with E-state index in [1.807, 2.05) is 20.9 Å². The number of aryl methyl sites for hydroxylation is 2. The van der Waals surface area contributed by atoms with Gasteiger partial charge in [0.2, 0.25) is 0 Å². The highest BCUT2D eigenvalue weighted by molar-refractivity contribution is 5.80. The van der Waals surface area contributed by atoms with E-state index in [0.29, 0.717) is 12.6 Å². The van der Waals surface area contributed by atoms with Crippen LogP contribution in [0.3, 0.4) is 0 Å². The molecule has 3 rings (SSSR count). The molecule has 0 radical (unpaired) electrons. The molecule has 1 aliphatic carbocycles. The van der Waals surface area contributed by atoms with Crippen LogP contribution < -0.4 is 10.6 Å². The molecule has 0 aromatic carbocycles. The molecule has 2 aliphatic rings. The monoisotopic (exact) mass is 291 g/mol. The van der Waals surface area contributed by atoms with Crippen LogP contribution in [0.25, 0.3) is 0 Å². The first-order valence-electron chi connectivity index (χ1n) is 7.80. The smallest absolute Gasteiger partial charge is 0.191 e. The second kappa shape index (κ2) is 6.05. The fourth-order valence-corrected chi connectivity index (χ4v) is 2.99. The molecule has 1 aromatic heterocycles. The number of hydrogen-bond acceptors (Lipinski definition) is 4. The lowest BCUT2D eigenvalue weighted by Gasteiger charge is -2.18. The number of nitrogens with one attached hydrogen (secondary N) is 2. The first-order valence-corrected chi connectivity index (χ1v) is 7.80. The van der Waals surface area contributed by atoms with Crippen LogP contribution in [0.4, 0.5) is 0 Å². The zero-order valence-corrected chi connectivity index (χ0v) is 13.1. The minimum atomic E-state index is 0.501. The highest BCUT2D eigenvalue weighted by atomic mass is 16.5. The Morgan fingerprint density at radius 3 is 2.81 bits per heavy atom. The molecule has 0 spiro atoms. The van der Waals surface area contributed by atoms with Gasteiger partial charge in [0.05, 0.1) is 5.69 Å². The number of guanidine groups is 1. The summed E-state index contributed by atoms with van der Waals surface area (Å²) in [6, 6.07) is 1.36. The van der Waals surface area contributed by atoms with Crippen LogP contribution in [-0.2, 0) is 6.54 Å². The van der Waals surface area contributed by atoms with Crippen LogP contribution in [0.1, 0.15) is 36.3 Å². The summed E-state index contributed by atoms with van der Waals surface area (Å²) in [5.74, 6) is 1.73. The van der Waals surface area contributed by atoms with Gasteiger partial charge in [-0.1, -0.05) is 5.16 Å². The summed E-state index contributed by atoms with van der Waals surface area (Å²) in [5, 5.41) is 10.9. The number of hydrogen-bond donors (Lipinski definition) is 2. The maximum absolute atomic E-state index is 5.19. The van der Waals surface area contributed by atoms with E-state index in [0.717, 1.165) is 35.6 Å². The molecule has 21 heavy (non-hydrogen) atoms. The zero-order chi connectivity index (χ0) is 14.8. The van der Waals surface area contributed by atoms with Crippen LogP contribution in [-0.4, -0.2) is 48.2 Å². The number of rotatable bonds is 4. The van der Waals surface area contributed by atoms with E-state index < -0.39 is 0 Å². The van der Waals surface area contributed by atoms with Gasteiger partial charge in [-0.05, 0) is 33.1 Å². The Kier molecular flexibility index (Phi) is 4.14. The Morgan fingerprint density at radius 2 is 2.19 bits per heavy atom. The van der Waals surface area contributed by atoms with Gasteiger partial charge in [-0.15, -0.1) is 0 Å². The molecule has 0 amide bonds.